The smallest absolute Gasteiger partial charge is 0.257 e. The molecule has 104 valence electrons. The molecular formula is C14H18NO4-. The summed E-state index contributed by atoms with van der Waals surface area (Å²) in [6.07, 6.45) is -0.200. The number of ether oxygens (including phenoxy) is 1. The van der Waals surface area contributed by atoms with Gasteiger partial charge in [-0.25, -0.2) is 0 Å². The summed E-state index contributed by atoms with van der Waals surface area (Å²) in [6.45, 7) is 5.79. The van der Waals surface area contributed by atoms with Crippen molar-refractivity contribution in [3.63, 3.8) is 0 Å². The zero-order chi connectivity index (χ0) is 14.4. The minimum atomic E-state index is -1.19. The standard InChI is InChI=1S/C14H19NO4/c1-9-6-10(2)11(3)12(7-9)19-8-13(16)15-5-4-14(17)18/h6-7H,4-5,8H2,1-3H3,(H,15,16)(H,17,18)/p-1. The van der Waals surface area contributed by atoms with E-state index in [1.807, 2.05) is 32.9 Å². The molecule has 1 N–H and O–H groups in total. The van der Waals surface area contributed by atoms with Crippen LogP contribution in [0.1, 0.15) is 23.1 Å². The van der Waals surface area contributed by atoms with E-state index in [4.69, 9.17) is 4.74 Å². The number of aliphatic carboxylic acids is 1. The van der Waals surface area contributed by atoms with E-state index in [0.29, 0.717) is 5.75 Å². The molecule has 0 spiro atoms. The highest BCUT2D eigenvalue weighted by molar-refractivity contribution is 5.78. The Labute approximate surface area is 112 Å². The lowest BCUT2D eigenvalue weighted by Crippen LogP contribution is -2.33. The van der Waals surface area contributed by atoms with Gasteiger partial charge in [0, 0.05) is 18.9 Å². The van der Waals surface area contributed by atoms with E-state index in [1.165, 1.54) is 0 Å². The van der Waals surface area contributed by atoms with Gasteiger partial charge in [0.05, 0.1) is 0 Å². The van der Waals surface area contributed by atoms with Crippen LogP contribution < -0.4 is 15.2 Å². The van der Waals surface area contributed by atoms with Gasteiger partial charge in [-0.1, -0.05) is 6.07 Å². The second-order valence-corrected chi connectivity index (χ2v) is 4.47. The molecule has 1 rings (SSSR count). The van der Waals surface area contributed by atoms with Crippen molar-refractivity contribution in [3.8, 4) is 5.75 Å². The number of carbonyl (C=O) groups excluding carboxylic acids is 2. The summed E-state index contributed by atoms with van der Waals surface area (Å²) in [5.41, 5.74) is 3.16. The Morgan fingerprint density at radius 2 is 1.95 bits per heavy atom. The first kappa shape index (κ1) is 15.0. The van der Waals surface area contributed by atoms with Crippen molar-refractivity contribution in [2.24, 2.45) is 0 Å². The van der Waals surface area contributed by atoms with Gasteiger partial charge < -0.3 is 20.0 Å². The lowest BCUT2D eigenvalue weighted by Gasteiger charge is -2.12. The fourth-order valence-electron chi connectivity index (χ4n) is 1.65. The van der Waals surface area contributed by atoms with Crippen molar-refractivity contribution in [2.75, 3.05) is 13.2 Å². The molecule has 0 atom stereocenters. The van der Waals surface area contributed by atoms with Crippen LogP contribution in [-0.2, 0) is 9.59 Å². The maximum absolute atomic E-state index is 11.4. The number of carboxylic acids is 1. The van der Waals surface area contributed by atoms with Gasteiger partial charge in [-0.15, -0.1) is 0 Å². The fraction of sp³-hybridized carbons (Fsp3) is 0.429. The lowest BCUT2D eigenvalue weighted by atomic mass is 10.1. The highest BCUT2D eigenvalue weighted by Crippen LogP contribution is 2.23. The van der Waals surface area contributed by atoms with Crippen LogP contribution in [0.25, 0.3) is 0 Å². The maximum atomic E-state index is 11.4. The monoisotopic (exact) mass is 264 g/mol. The average molecular weight is 264 g/mol. The normalized spacial score (nSPS) is 10.1. The molecule has 0 fully saturated rings. The van der Waals surface area contributed by atoms with Gasteiger partial charge in [-0.3, -0.25) is 4.79 Å². The number of nitrogens with one attached hydrogen (secondary N) is 1. The van der Waals surface area contributed by atoms with Crippen LogP contribution in [0, 0.1) is 20.8 Å². The zero-order valence-electron chi connectivity index (χ0n) is 11.4. The molecule has 0 aliphatic carbocycles. The summed E-state index contributed by atoms with van der Waals surface area (Å²) in [6, 6.07) is 3.92. The second kappa shape index (κ2) is 6.78. The SMILES string of the molecule is Cc1cc(C)c(C)c(OCC(=O)NCCC(=O)[O-])c1. The summed E-state index contributed by atoms with van der Waals surface area (Å²) < 4.78 is 5.44. The first-order chi connectivity index (χ1) is 8.90. The third-order valence-corrected chi connectivity index (χ3v) is 2.77. The van der Waals surface area contributed by atoms with Crippen molar-refractivity contribution >= 4 is 11.9 Å². The summed E-state index contributed by atoms with van der Waals surface area (Å²) >= 11 is 0. The van der Waals surface area contributed by atoms with Crippen LogP contribution >= 0.6 is 0 Å². The molecule has 19 heavy (non-hydrogen) atoms. The average Bonchev–Trinajstić information content (AvgIpc) is 2.31. The van der Waals surface area contributed by atoms with E-state index < -0.39 is 5.97 Å². The molecule has 0 saturated carbocycles. The number of benzene rings is 1. The van der Waals surface area contributed by atoms with E-state index in [9.17, 15) is 14.7 Å². The molecule has 0 unspecified atom stereocenters. The zero-order valence-corrected chi connectivity index (χ0v) is 11.4. The molecule has 0 radical (unpaired) electrons. The Bertz CT molecular complexity index is 483. The molecule has 0 aliphatic heterocycles. The summed E-state index contributed by atoms with van der Waals surface area (Å²) in [5.74, 6) is -0.862. The molecule has 0 saturated heterocycles. The first-order valence-electron chi connectivity index (χ1n) is 6.07. The van der Waals surface area contributed by atoms with E-state index >= 15 is 0 Å². The fourth-order valence-corrected chi connectivity index (χ4v) is 1.65. The number of aryl methyl sites for hydroxylation is 2. The number of carbonyl (C=O) groups is 2. The number of carboxylic acid groups (broad SMARTS) is 1. The molecule has 0 aromatic heterocycles. The molecule has 5 heteroatoms. The largest absolute Gasteiger partial charge is 0.550 e. The number of amides is 1. The Hall–Kier alpha value is -2.04. The molecule has 0 aliphatic rings. The number of hydrogen-bond acceptors (Lipinski definition) is 4. The van der Waals surface area contributed by atoms with Crippen LogP contribution in [0.4, 0.5) is 0 Å². The maximum Gasteiger partial charge on any atom is 0.257 e. The highest BCUT2D eigenvalue weighted by Gasteiger charge is 2.07. The van der Waals surface area contributed by atoms with Crippen molar-refractivity contribution in [2.45, 2.75) is 27.2 Å². The van der Waals surface area contributed by atoms with Gasteiger partial charge in [-0.05, 0) is 43.5 Å². The molecule has 1 aromatic carbocycles. The third kappa shape index (κ3) is 4.99. The van der Waals surface area contributed by atoms with Gasteiger partial charge in [0.15, 0.2) is 6.61 Å². The summed E-state index contributed by atoms with van der Waals surface area (Å²) in [5, 5.41) is 12.6. The Balaban J connectivity index is 2.48. The molecule has 0 heterocycles. The molecular weight excluding hydrogens is 246 g/mol. The van der Waals surface area contributed by atoms with Crippen molar-refractivity contribution in [1.29, 1.82) is 0 Å². The van der Waals surface area contributed by atoms with Crippen LogP contribution in [0.3, 0.4) is 0 Å². The predicted molar refractivity (Wildman–Crippen MR) is 68.8 cm³/mol. The molecule has 5 nitrogen and oxygen atoms in total. The minimum absolute atomic E-state index is 0.0519. The Kier molecular flexibility index (Phi) is 5.36. The number of hydrogen-bond donors (Lipinski definition) is 1. The van der Waals surface area contributed by atoms with Crippen molar-refractivity contribution in [1.82, 2.24) is 5.32 Å². The van der Waals surface area contributed by atoms with Gasteiger partial charge in [0.2, 0.25) is 0 Å². The Morgan fingerprint density at radius 1 is 1.26 bits per heavy atom. The second-order valence-electron chi connectivity index (χ2n) is 4.47. The van der Waals surface area contributed by atoms with Crippen LogP contribution in [0.15, 0.2) is 12.1 Å². The summed E-state index contributed by atoms with van der Waals surface area (Å²) in [4.78, 5) is 21.6. The lowest BCUT2D eigenvalue weighted by molar-refractivity contribution is -0.305. The van der Waals surface area contributed by atoms with Gasteiger partial charge in [-0.2, -0.15) is 0 Å². The van der Waals surface area contributed by atoms with E-state index in [2.05, 4.69) is 5.32 Å². The third-order valence-electron chi connectivity index (χ3n) is 2.77. The van der Waals surface area contributed by atoms with Crippen LogP contribution in [0.5, 0.6) is 5.75 Å². The number of rotatable bonds is 6. The predicted octanol–water partition coefficient (Wildman–Crippen LogP) is 0.247. The van der Waals surface area contributed by atoms with Gasteiger partial charge in [0.1, 0.15) is 5.75 Å². The van der Waals surface area contributed by atoms with E-state index in [1.54, 1.807) is 0 Å². The van der Waals surface area contributed by atoms with Crippen molar-refractivity contribution < 1.29 is 19.4 Å². The molecule has 1 aromatic rings. The van der Waals surface area contributed by atoms with Crippen LogP contribution in [-0.4, -0.2) is 25.0 Å². The minimum Gasteiger partial charge on any atom is -0.550 e. The summed E-state index contributed by atoms with van der Waals surface area (Å²) in [7, 11) is 0. The van der Waals surface area contributed by atoms with Crippen molar-refractivity contribution in [3.05, 3.63) is 28.8 Å². The van der Waals surface area contributed by atoms with Crippen LogP contribution in [0.2, 0.25) is 0 Å². The molecule has 1 amide bonds. The quantitative estimate of drug-likeness (QED) is 0.798. The van der Waals surface area contributed by atoms with Gasteiger partial charge in [0.25, 0.3) is 5.91 Å². The highest BCUT2D eigenvalue weighted by atomic mass is 16.5. The molecule has 0 bridgehead atoms. The van der Waals surface area contributed by atoms with E-state index in [0.717, 1.165) is 16.7 Å². The van der Waals surface area contributed by atoms with E-state index in [-0.39, 0.29) is 25.5 Å². The topological polar surface area (TPSA) is 78.5 Å². The Morgan fingerprint density at radius 3 is 2.58 bits per heavy atom. The van der Waals surface area contributed by atoms with Gasteiger partial charge >= 0.3 is 0 Å². The first-order valence-corrected chi connectivity index (χ1v) is 6.07.